The van der Waals surface area contributed by atoms with Crippen LogP contribution in [-0.2, 0) is 33.4 Å². The number of hydrogen-bond donors (Lipinski definition) is 3. The molecule has 0 aromatic heterocycles. The molecule has 0 fully saturated rings. The Balaban J connectivity index is 0.000000392. The molecule has 6 aromatic carbocycles. The topological polar surface area (TPSA) is 257 Å². The zero-order valence-corrected chi connectivity index (χ0v) is 64.8. The van der Waals surface area contributed by atoms with Crippen LogP contribution >= 0.6 is 52.3 Å². The molecule has 0 saturated carbocycles. The van der Waals surface area contributed by atoms with Gasteiger partial charge in [-0.15, -0.1) is 11.3 Å². The molecule has 0 saturated heterocycles. The molecule has 30 heteroatoms. The fourth-order valence-electron chi connectivity index (χ4n) is 7.53. The van der Waals surface area contributed by atoms with Crippen molar-refractivity contribution in [3.8, 4) is 10.6 Å². The van der Waals surface area contributed by atoms with E-state index < -0.39 is 38.4 Å². The third kappa shape index (κ3) is 30.2. The van der Waals surface area contributed by atoms with Gasteiger partial charge in [-0.1, -0.05) is 18.2 Å². The number of nitrogens with two attached hydrogens (primary N) is 2. The van der Waals surface area contributed by atoms with E-state index in [0.717, 1.165) is 39.7 Å². The number of fused-ring (bicyclic) bond motifs is 2. The molecular formula is C64H82Cl3N13O8S5Zn. The maximum atomic E-state index is 11.2. The van der Waals surface area contributed by atoms with Crippen molar-refractivity contribution < 1.29 is 63.0 Å². The number of halogens is 3. The van der Waals surface area contributed by atoms with Crippen molar-refractivity contribution in [3.05, 3.63) is 191 Å². The van der Waals surface area contributed by atoms with Crippen LogP contribution in [0.5, 0.6) is 0 Å². The maximum absolute atomic E-state index is 11.2. The van der Waals surface area contributed by atoms with Gasteiger partial charge in [0.05, 0.1) is 42.0 Å². The number of benzene rings is 7. The van der Waals surface area contributed by atoms with Crippen LogP contribution in [0.3, 0.4) is 0 Å². The van der Waals surface area contributed by atoms with Gasteiger partial charge in [0.25, 0.3) is 5.69 Å². The Labute approximate surface area is 587 Å². The van der Waals surface area contributed by atoms with Crippen LogP contribution in [0.4, 0.5) is 56.9 Å². The van der Waals surface area contributed by atoms with Gasteiger partial charge in [0.1, 0.15) is 28.2 Å². The van der Waals surface area contributed by atoms with Crippen molar-refractivity contribution in [1.29, 1.82) is 0 Å². The Morgan fingerprint density at radius 1 is 0.564 bits per heavy atom. The van der Waals surface area contributed by atoms with Gasteiger partial charge in [0.2, 0.25) is 5.36 Å². The van der Waals surface area contributed by atoms with E-state index >= 15 is 0 Å². The molecule has 5 N–H and O–H groups in total. The Morgan fingerprint density at radius 2 is 1.01 bits per heavy atom. The molecule has 0 atom stereocenters. The Hall–Kier alpha value is -7.01. The summed E-state index contributed by atoms with van der Waals surface area (Å²) in [5.41, 5.74) is 22.8. The molecule has 0 spiro atoms. The summed E-state index contributed by atoms with van der Waals surface area (Å²) in [5.74, 6) is 0. The number of nitro groups is 1. The molecule has 6 aromatic rings. The molecular weight excluding hydrogens is 1410 g/mol. The van der Waals surface area contributed by atoms with Crippen molar-refractivity contribution in [1.82, 2.24) is 9.56 Å². The fraction of sp³-hybridized carbons (Fsp3) is 0.250. The second kappa shape index (κ2) is 40.4. The summed E-state index contributed by atoms with van der Waals surface area (Å²) in [6.07, 6.45) is 7.53. The standard InChI is InChI=1S/C16H19N3O3S2.C16H18N3S.C8H12N2O3S2.C8H10N2O2.C8H12N2.C8H11N.3ClH.Zn/c1-18(2)13-7-5-12(6-8-13)17-15-10-9-14(19(3)4)11-16(15)23-24(20,21)22;1-18(2)11-5-7-13-15(9-11)20-16-10-12(19(3)4)6-8-14(16)17-13;1-10(2)6-3-4-7(9)8(5-6)14-15(11,12)13;1-9(2)7-3-5-8(6-4-7)10(11)12;1-10(2)8-5-3-7(9)4-6-8;1-9(2)8-6-4-3-5-7-8;;;;/h5-11H,1-4H3;5-10H,1-4H3;3-5H,9H2,1-2H3,(H,11,12,13);3-6H,1-2H3;3-6H,9H2,1-2H3;3-7H,1-2H3;3*1H;/q;+1;;;;;;;;+2/p-3. The molecule has 0 radical (unpaired) electrons. The van der Waals surface area contributed by atoms with Gasteiger partial charge in [0.15, 0.2) is 14.9 Å². The van der Waals surface area contributed by atoms with Crippen LogP contribution in [0.15, 0.2) is 191 Å². The summed E-state index contributed by atoms with van der Waals surface area (Å²) in [7, 11) is 33.2. The third-order valence-corrected chi connectivity index (χ3v) is 17.5. The van der Waals surface area contributed by atoms with Gasteiger partial charge in [-0.05, 0) is 132 Å². The number of anilines is 8. The minimum absolute atomic E-state index is 0. The molecule has 2 aliphatic carbocycles. The van der Waals surface area contributed by atoms with E-state index in [1.165, 1.54) is 44.1 Å². The van der Waals surface area contributed by atoms with E-state index in [1.807, 2.05) is 182 Å². The van der Waals surface area contributed by atoms with E-state index in [1.54, 1.807) is 53.8 Å². The molecule has 0 bridgehead atoms. The summed E-state index contributed by atoms with van der Waals surface area (Å²) in [6, 6.07) is 47.5. The first-order valence-corrected chi connectivity index (χ1v) is 42.2. The van der Waals surface area contributed by atoms with Crippen molar-refractivity contribution in [2.24, 2.45) is 4.99 Å². The zero-order chi connectivity index (χ0) is 69.9. The molecule has 94 heavy (non-hydrogen) atoms. The summed E-state index contributed by atoms with van der Waals surface area (Å²) >= 11 is 0.868. The SMILES string of the molecule is CN(C)c1ccc(N)c(SS(=O)(=O)O)c1.CN(C)c1ccc(N)cc1.CN(C)c1ccc(N=C2C=CC(=[N+](C)C)C=C2)c(SS(=O)(=O)[O-])c1.CN(C)c1ccc([N+](=O)[O-])cc1.CN(C)c1ccc2nc3ccc(=[N+](C)C)cc-3sc2c1.CN(C)c1ccccc1.[Cl-].[Cl][Zn][Cl]. The van der Waals surface area contributed by atoms with E-state index in [4.69, 9.17) is 40.4 Å². The van der Waals surface area contributed by atoms with Crippen LogP contribution < -0.4 is 63.2 Å². The van der Waals surface area contributed by atoms with Gasteiger partial charge in [-0.25, -0.2) is 27.5 Å². The first-order valence-electron chi connectivity index (χ1n) is 28.0. The molecule has 504 valence electrons. The van der Waals surface area contributed by atoms with Crippen LogP contribution in [0.25, 0.3) is 20.8 Å². The molecule has 3 aliphatic rings. The van der Waals surface area contributed by atoms with E-state index in [-0.39, 0.29) is 28.9 Å². The first-order chi connectivity index (χ1) is 43.5. The van der Waals surface area contributed by atoms with Gasteiger partial charge in [0, 0.05) is 182 Å². The number of nitro benzene ring substituents is 1. The number of para-hydroxylation sites is 1. The van der Waals surface area contributed by atoms with E-state index in [9.17, 15) is 31.5 Å². The van der Waals surface area contributed by atoms with Crippen LogP contribution in [0.2, 0.25) is 0 Å². The van der Waals surface area contributed by atoms with Crippen LogP contribution in [0.1, 0.15) is 0 Å². The summed E-state index contributed by atoms with van der Waals surface area (Å²) in [6.45, 7) is 0. The molecule has 1 heterocycles. The van der Waals surface area contributed by atoms with Gasteiger partial charge in [-0.2, -0.15) is 8.42 Å². The van der Waals surface area contributed by atoms with Crippen molar-refractivity contribution in [3.63, 3.8) is 0 Å². The summed E-state index contributed by atoms with van der Waals surface area (Å²) in [4.78, 5) is 32.7. The quantitative estimate of drug-likeness (QED) is 0.0119. The van der Waals surface area contributed by atoms with E-state index in [2.05, 4.69) is 96.1 Å². The van der Waals surface area contributed by atoms with Gasteiger partial charge >= 0.3 is 43.7 Å². The Morgan fingerprint density at radius 3 is 1.46 bits per heavy atom. The average molecular weight is 1490 g/mol. The van der Waals surface area contributed by atoms with Crippen molar-refractivity contribution in [2.45, 2.75) is 9.79 Å². The number of nitrogens with zero attached hydrogens (tertiary/aromatic N) is 11. The molecule has 0 unspecified atom stereocenters. The summed E-state index contributed by atoms with van der Waals surface area (Å²) in [5, 5.41) is 11.5. The summed E-state index contributed by atoms with van der Waals surface area (Å²) < 4.78 is 68.8. The second-order valence-electron chi connectivity index (χ2n) is 21.5. The molecule has 1 aliphatic heterocycles. The van der Waals surface area contributed by atoms with Gasteiger partial charge in [-0.3, -0.25) is 14.7 Å². The number of hydrogen-bond acceptors (Lipinski definition) is 20. The molecule has 9 rings (SSSR count). The number of allylic oxidation sites excluding steroid dienone is 4. The predicted octanol–water partition coefficient (Wildman–Crippen LogP) is 9.07. The van der Waals surface area contributed by atoms with Gasteiger partial charge < -0.3 is 57.8 Å². The van der Waals surface area contributed by atoms with Crippen LogP contribution in [-0.4, -0.2) is 165 Å². The number of rotatable bonds is 12. The molecule has 0 amide bonds. The monoisotopic (exact) mass is 1490 g/mol. The average Bonchev–Trinajstić information content (AvgIpc) is 0.809. The fourth-order valence-corrected chi connectivity index (χ4v) is 11.9. The van der Waals surface area contributed by atoms with E-state index in [0.29, 0.717) is 37.7 Å². The Kier molecular flexibility index (Phi) is 35.7. The number of nitrogen functional groups attached to an aromatic ring is 2. The van der Waals surface area contributed by atoms with Crippen LogP contribution in [0, 0.1) is 10.1 Å². The first kappa shape index (κ1) is 83.1. The normalized spacial score (nSPS) is 10.9. The predicted molar refractivity (Wildman–Crippen MR) is 394 cm³/mol. The number of non-ortho nitro benzene ring substituents is 1. The minimum atomic E-state index is -4.47. The van der Waals surface area contributed by atoms with Crippen molar-refractivity contribution >= 4 is 149 Å². The second-order valence-corrected chi connectivity index (χ2v) is 33.6. The molecule has 21 nitrogen and oxygen atoms in total. The number of aromatic nitrogens is 1. The Bertz CT molecular complexity index is 4100. The van der Waals surface area contributed by atoms with Crippen molar-refractivity contribution in [2.75, 3.05) is 154 Å². The zero-order valence-electron chi connectivity index (χ0n) is 55.5. The number of aliphatic imine (C=N–C) groups is 1. The third-order valence-electron chi connectivity index (χ3n) is 12.6.